The number of methoxy groups -OCH3 is 1. The summed E-state index contributed by atoms with van der Waals surface area (Å²) in [6, 6.07) is 9.78. The second-order valence-corrected chi connectivity index (χ2v) is 5.72. The number of para-hydroxylation sites is 1. The smallest absolute Gasteiger partial charge is 0.252 e. The van der Waals surface area contributed by atoms with Crippen LogP contribution in [0.1, 0.15) is 22.0 Å². The molecule has 1 atom stereocenters. The van der Waals surface area contributed by atoms with Crippen molar-refractivity contribution in [1.82, 2.24) is 10.2 Å². The van der Waals surface area contributed by atoms with Gasteiger partial charge in [0, 0.05) is 23.1 Å². The number of hydrogen-bond acceptors (Lipinski definition) is 4. The predicted molar refractivity (Wildman–Crippen MR) is 86.1 cm³/mol. The molecular weight excluding hydrogens is 284 g/mol. The molecule has 0 aliphatic carbocycles. The number of nitrogens with zero attached hydrogens (tertiary/aromatic N) is 1. The number of nitrogens with one attached hydrogen (secondary N) is 1. The maximum atomic E-state index is 12.1. The van der Waals surface area contributed by atoms with Gasteiger partial charge < -0.3 is 15.0 Å². The van der Waals surface area contributed by atoms with Crippen molar-refractivity contribution < 1.29 is 9.53 Å². The largest absolute Gasteiger partial charge is 0.496 e. The van der Waals surface area contributed by atoms with Crippen LogP contribution in [-0.2, 0) is 0 Å². The summed E-state index contributed by atoms with van der Waals surface area (Å²) in [5.74, 6) is 0.791. The molecule has 0 aliphatic rings. The minimum atomic E-state index is -0.0435. The third-order valence-electron chi connectivity index (χ3n) is 3.36. The molecular formula is C16H20N2O2S. The van der Waals surface area contributed by atoms with Crippen LogP contribution in [-0.4, -0.2) is 38.6 Å². The number of carbonyl (C=O) groups is 1. The van der Waals surface area contributed by atoms with Gasteiger partial charge in [-0.1, -0.05) is 18.2 Å². The van der Waals surface area contributed by atoms with Crippen LogP contribution in [0.4, 0.5) is 0 Å². The number of thiophene rings is 1. The molecule has 1 aromatic heterocycles. The van der Waals surface area contributed by atoms with E-state index in [1.54, 1.807) is 7.11 Å². The summed E-state index contributed by atoms with van der Waals surface area (Å²) in [7, 11) is 5.65. The van der Waals surface area contributed by atoms with E-state index in [2.05, 4.69) is 10.2 Å². The lowest BCUT2D eigenvalue weighted by Gasteiger charge is -2.26. The van der Waals surface area contributed by atoms with E-state index in [9.17, 15) is 4.79 Å². The molecule has 1 aromatic carbocycles. The lowest BCUT2D eigenvalue weighted by Crippen LogP contribution is -2.34. The van der Waals surface area contributed by atoms with Gasteiger partial charge in [-0.3, -0.25) is 4.79 Å². The molecule has 1 heterocycles. The zero-order valence-corrected chi connectivity index (χ0v) is 13.3. The first kappa shape index (κ1) is 15.5. The van der Waals surface area contributed by atoms with E-state index in [-0.39, 0.29) is 11.9 Å². The number of carbonyl (C=O) groups excluding carboxylic acids is 1. The Hall–Kier alpha value is -1.85. The van der Waals surface area contributed by atoms with Crippen molar-refractivity contribution >= 4 is 17.2 Å². The molecule has 2 aromatic rings. The SMILES string of the molecule is COc1ccccc1C(CNC(=O)c1ccsc1)N(C)C. The fraction of sp³-hybridized carbons (Fsp3) is 0.312. The van der Waals surface area contributed by atoms with Crippen molar-refractivity contribution in [3.63, 3.8) is 0 Å². The van der Waals surface area contributed by atoms with Crippen LogP contribution in [0.5, 0.6) is 5.75 Å². The van der Waals surface area contributed by atoms with Gasteiger partial charge in [-0.2, -0.15) is 11.3 Å². The number of amides is 1. The highest BCUT2D eigenvalue weighted by Gasteiger charge is 2.19. The molecule has 0 aliphatic heterocycles. The Labute approximate surface area is 129 Å². The van der Waals surface area contributed by atoms with Gasteiger partial charge >= 0.3 is 0 Å². The summed E-state index contributed by atoms with van der Waals surface area (Å²) in [5.41, 5.74) is 1.77. The molecule has 0 saturated heterocycles. The minimum absolute atomic E-state index is 0.0435. The highest BCUT2D eigenvalue weighted by Crippen LogP contribution is 2.27. The molecule has 0 fully saturated rings. The van der Waals surface area contributed by atoms with Crippen LogP contribution in [0.3, 0.4) is 0 Å². The number of rotatable bonds is 6. The molecule has 2 rings (SSSR count). The van der Waals surface area contributed by atoms with Crippen LogP contribution in [0, 0.1) is 0 Å². The Morgan fingerprint density at radius 2 is 2.10 bits per heavy atom. The van der Waals surface area contributed by atoms with Gasteiger partial charge in [0.2, 0.25) is 0 Å². The van der Waals surface area contributed by atoms with Gasteiger partial charge in [0.05, 0.1) is 13.2 Å². The maximum absolute atomic E-state index is 12.1. The zero-order chi connectivity index (χ0) is 15.2. The monoisotopic (exact) mass is 304 g/mol. The second-order valence-electron chi connectivity index (χ2n) is 4.94. The van der Waals surface area contributed by atoms with E-state index >= 15 is 0 Å². The minimum Gasteiger partial charge on any atom is -0.496 e. The van der Waals surface area contributed by atoms with Crippen LogP contribution in [0.15, 0.2) is 41.1 Å². The summed E-state index contributed by atoms with van der Waals surface area (Å²) in [6.07, 6.45) is 0. The fourth-order valence-corrected chi connectivity index (χ4v) is 2.83. The van der Waals surface area contributed by atoms with Crippen LogP contribution in [0.25, 0.3) is 0 Å². The van der Waals surface area contributed by atoms with E-state index in [4.69, 9.17) is 4.74 Å². The first-order valence-corrected chi connectivity index (χ1v) is 7.67. The molecule has 1 N–H and O–H groups in total. The third-order valence-corrected chi connectivity index (χ3v) is 4.04. The van der Waals surface area contributed by atoms with E-state index < -0.39 is 0 Å². The van der Waals surface area contributed by atoms with Gasteiger partial charge in [0.15, 0.2) is 0 Å². The molecule has 1 amide bonds. The number of ether oxygens (including phenoxy) is 1. The van der Waals surface area contributed by atoms with Crippen LogP contribution < -0.4 is 10.1 Å². The molecule has 1 unspecified atom stereocenters. The molecule has 5 heteroatoms. The van der Waals surface area contributed by atoms with Crippen molar-refractivity contribution in [2.24, 2.45) is 0 Å². The van der Waals surface area contributed by atoms with E-state index in [0.29, 0.717) is 12.1 Å². The Bertz CT molecular complexity index is 582. The summed E-state index contributed by atoms with van der Waals surface area (Å²) >= 11 is 1.52. The molecule has 21 heavy (non-hydrogen) atoms. The van der Waals surface area contributed by atoms with E-state index in [1.807, 2.05) is 55.2 Å². The lowest BCUT2D eigenvalue weighted by molar-refractivity contribution is 0.0942. The summed E-state index contributed by atoms with van der Waals surface area (Å²) in [4.78, 5) is 14.1. The molecule has 0 radical (unpaired) electrons. The highest BCUT2D eigenvalue weighted by molar-refractivity contribution is 7.08. The van der Waals surface area contributed by atoms with Crippen molar-refractivity contribution in [2.45, 2.75) is 6.04 Å². The Kier molecular flexibility index (Phi) is 5.36. The van der Waals surface area contributed by atoms with E-state index in [1.165, 1.54) is 11.3 Å². The van der Waals surface area contributed by atoms with Gasteiger partial charge in [-0.15, -0.1) is 0 Å². The number of likely N-dealkylation sites (N-methyl/N-ethyl adjacent to an activating group) is 1. The average molecular weight is 304 g/mol. The van der Waals surface area contributed by atoms with Gasteiger partial charge in [0.1, 0.15) is 5.75 Å². The second kappa shape index (κ2) is 7.24. The predicted octanol–water partition coefficient (Wildman–Crippen LogP) is 2.79. The lowest BCUT2D eigenvalue weighted by atomic mass is 10.0. The highest BCUT2D eigenvalue weighted by atomic mass is 32.1. The van der Waals surface area contributed by atoms with Gasteiger partial charge in [0.25, 0.3) is 5.91 Å². The topological polar surface area (TPSA) is 41.6 Å². The molecule has 112 valence electrons. The number of hydrogen-bond donors (Lipinski definition) is 1. The fourth-order valence-electron chi connectivity index (χ4n) is 2.20. The van der Waals surface area contributed by atoms with Crippen molar-refractivity contribution in [3.05, 3.63) is 52.2 Å². The van der Waals surface area contributed by atoms with E-state index in [0.717, 1.165) is 11.3 Å². The van der Waals surface area contributed by atoms with Crippen molar-refractivity contribution in [2.75, 3.05) is 27.7 Å². The Morgan fingerprint density at radius 1 is 1.33 bits per heavy atom. The van der Waals surface area contributed by atoms with Crippen molar-refractivity contribution in [1.29, 1.82) is 0 Å². The molecule has 0 saturated carbocycles. The van der Waals surface area contributed by atoms with Crippen LogP contribution >= 0.6 is 11.3 Å². The maximum Gasteiger partial charge on any atom is 0.252 e. The standard InChI is InChI=1S/C16H20N2O2S/c1-18(2)14(13-6-4-5-7-15(13)20-3)10-17-16(19)12-8-9-21-11-12/h4-9,11,14H,10H2,1-3H3,(H,17,19). The summed E-state index contributed by atoms with van der Waals surface area (Å²) in [6.45, 7) is 0.530. The molecule has 0 spiro atoms. The summed E-state index contributed by atoms with van der Waals surface area (Å²) < 4.78 is 5.42. The van der Waals surface area contributed by atoms with Crippen LogP contribution in [0.2, 0.25) is 0 Å². The zero-order valence-electron chi connectivity index (χ0n) is 12.5. The van der Waals surface area contributed by atoms with Gasteiger partial charge in [-0.05, 0) is 31.6 Å². The quantitative estimate of drug-likeness (QED) is 0.892. The first-order chi connectivity index (χ1) is 10.1. The summed E-state index contributed by atoms with van der Waals surface area (Å²) in [5, 5.41) is 6.74. The average Bonchev–Trinajstić information content (AvgIpc) is 3.01. The molecule has 0 bridgehead atoms. The van der Waals surface area contributed by atoms with Gasteiger partial charge in [-0.25, -0.2) is 0 Å². The number of benzene rings is 1. The normalized spacial score (nSPS) is 12.2. The Balaban J connectivity index is 2.11. The molecule has 4 nitrogen and oxygen atoms in total. The first-order valence-electron chi connectivity index (χ1n) is 6.73. The third kappa shape index (κ3) is 3.83. The van der Waals surface area contributed by atoms with Crippen molar-refractivity contribution in [3.8, 4) is 5.75 Å². The Morgan fingerprint density at radius 3 is 2.71 bits per heavy atom.